The molecular formula is C11H25N3O2S. The van der Waals surface area contributed by atoms with E-state index in [9.17, 15) is 8.42 Å². The van der Waals surface area contributed by atoms with Crippen LogP contribution in [0.1, 0.15) is 20.8 Å². The highest BCUT2D eigenvalue weighted by molar-refractivity contribution is 7.89. The van der Waals surface area contributed by atoms with Gasteiger partial charge in [-0.2, -0.15) is 4.31 Å². The summed E-state index contributed by atoms with van der Waals surface area (Å²) in [5.74, 6) is 0. The molecule has 102 valence electrons. The summed E-state index contributed by atoms with van der Waals surface area (Å²) in [5, 5.41) is 2.76. The van der Waals surface area contributed by atoms with Gasteiger partial charge in [-0.25, -0.2) is 8.42 Å². The van der Waals surface area contributed by atoms with E-state index in [1.807, 2.05) is 6.92 Å². The Morgan fingerprint density at radius 1 is 1.18 bits per heavy atom. The van der Waals surface area contributed by atoms with Crippen molar-refractivity contribution in [3.63, 3.8) is 0 Å². The molecule has 5 nitrogen and oxygen atoms in total. The molecule has 17 heavy (non-hydrogen) atoms. The van der Waals surface area contributed by atoms with Gasteiger partial charge in [0.2, 0.25) is 10.0 Å². The van der Waals surface area contributed by atoms with Crippen LogP contribution in [0.3, 0.4) is 0 Å². The Labute approximate surface area is 105 Å². The van der Waals surface area contributed by atoms with Crippen LogP contribution in [0.2, 0.25) is 0 Å². The highest BCUT2D eigenvalue weighted by atomic mass is 32.2. The molecule has 1 unspecified atom stereocenters. The summed E-state index contributed by atoms with van der Waals surface area (Å²) in [6.07, 6.45) is 0. The first-order valence-corrected chi connectivity index (χ1v) is 7.94. The molecule has 1 N–H and O–H groups in total. The molecule has 0 aromatic heterocycles. The Balaban J connectivity index is 2.53. The van der Waals surface area contributed by atoms with Crippen LogP contribution in [-0.2, 0) is 10.0 Å². The monoisotopic (exact) mass is 263 g/mol. The van der Waals surface area contributed by atoms with Crippen molar-refractivity contribution >= 4 is 10.0 Å². The van der Waals surface area contributed by atoms with Crippen molar-refractivity contribution < 1.29 is 8.42 Å². The van der Waals surface area contributed by atoms with Gasteiger partial charge in [0.25, 0.3) is 0 Å². The van der Waals surface area contributed by atoms with Gasteiger partial charge in [0.1, 0.15) is 0 Å². The zero-order chi connectivity index (χ0) is 12.9. The van der Waals surface area contributed by atoms with Crippen molar-refractivity contribution in [3.05, 3.63) is 0 Å². The van der Waals surface area contributed by atoms with E-state index in [-0.39, 0.29) is 5.25 Å². The number of piperazine rings is 1. The first-order valence-electron chi connectivity index (χ1n) is 6.44. The van der Waals surface area contributed by atoms with E-state index in [4.69, 9.17) is 0 Å². The quantitative estimate of drug-likeness (QED) is 0.730. The summed E-state index contributed by atoms with van der Waals surface area (Å²) in [6.45, 7) is 11.2. The second-order valence-electron chi connectivity index (χ2n) is 4.50. The minimum atomic E-state index is -3.12. The maximum atomic E-state index is 12.3. The number of hydrogen-bond donors (Lipinski definition) is 1. The van der Waals surface area contributed by atoms with Crippen LogP contribution < -0.4 is 5.32 Å². The number of likely N-dealkylation sites (N-methyl/N-ethyl adjacent to an activating group) is 1. The molecule has 0 bridgehead atoms. The highest BCUT2D eigenvalue weighted by Gasteiger charge is 2.30. The fourth-order valence-electron chi connectivity index (χ4n) is 2.01. The second kappa shape index (κ2) is 6.68. The Morgan fingerprint density at radius 2 is 1.76 bits per heavy atom. The third-order valence-corrected chi connectivity index (χ3v) is 5.60. The normalized spacial score (nSPS) is 21.6. The van der Waals surface area contributed by atoms with E-state index in [0.29, 0.717) is 19.6 Å². The Bertz CT molecular complexity index is 311. The molecule has 0 aliphatic carbocycles. The van der Waals surface area contributed by atoms with Crippen LogP contribution in [0.15, 0.2) is 0 Å². The number of nitrogens with zero attached hydrogens (tertiary/aromatic N) is 2. The lowest BCUT2D eigenvalue weighted by Crippen LogP contribution is -2.51. The Kier molecular flexibility index (Phi) is 5.85. The van der Waals surface area contributed by atoms with Crippen molar-refractivity contribution in [3.8, 4) is 0 Å². The minimum Gasteiger partial charge on any atom is -0.316 e. The van der Waals surface area contributed by atoms with Crippen LogP contribution >= 0.6 is 0 Å². The maximum absolute atomic E-state index is 12.3. The van der Waals surface area contributed by atoms with E-state index in [1.165, 1.54) is 0 Å². The van der Waals surface area contributed by atoms with E-state index in [2.05, 4.69) is 17.1 Å². The molecular weight excluding hydrogens is 238 g/mol. The minimum absolute atomic E-state index is 0.337. The fraction of sp³-hybridized carbons (Fsp3) is 1.00. The number of sulfonamides is 1. The lowest BCUT2D eigenvalue weighted by molar-refractivity contribution is 0.195. The zero-order valence-electron chi connectivity index (χ0n) is 11.1. The topological polar surface area (TPSA) is 52.7 Å². The predicted octanol–water partition coefficient (Wildman–Crippen LogP) is -0.0483. The third kappa shape index (κ3) is 3.91. The van der Waals surface area contributed by atoms with Gasteiger partial charge in [0, 0.05) is 32.7 Å². The summed E-state index contributed by atoms with van der Waals surface area (Å²) in [5.41, 5.74) is 0. The van der Waals surface area contributed by atoms with Gasteiger partial charge >= 0.3 is 0 Å². The van der Waals surface area contributed by atoms with Crippen molar-refractivity contribution in [1.29, 1.82) is 0 Å². The van der Waals surface area contributed by atoms with Crippen LogP contribution in [0.4, 0.5) is 0 Å². The van der Waals surface area contributed by atoms with Gasteiger partial charge in [-0.05, 0) is 20.0 Å². The van der Waals surface area contributed by atoms with Gasteiger partial charge in [-0.1, -0.05) is 13.8 Å². The lowest BCUT2D eigenvalue weighted by atomic mass is 10.4. The summed E-state index contributed by atoms with van der Waals surface area (Å²) < 4.78 is 26.1. The highest BCUT2D eigenvalue weighted by Crippen LogP contribution is 2.12. The summed E-state index contributed by atoms with van der Waals surface area (Å²) in [4.78, 5) is 2.28. The lowest BCUT2D eigenvalue weighted by Gasteiger charge is -2.34. The van der Waals surface area contributed by atoms with E-state index in [0.717, 1.165) is 26.2 Å². The Morgan fingerprint density at radius 3 is 2.24 bits per heavy atom. The number of hydrogen-bond acceptors (Lipinski definition) is 4. The summed E-state index contributed by atoms with van der Waals surface area (Å²) >= 11 is 0. The van der Waals surface area contributed by atoms with Crippen molar-refractivity contribution in [2.45, 2.75) is 26.0 Å². The molecule has 0 spiro atoms. The molecule has 0 aromatic carbocycles. The smallest absolute Gasteiger partial charge is 0.218 e. The number of rotatable bonds is 6. The first-order chi connectivity index (χ1) is 8.02. The van der Waals surface area contributed by atoms with E-state index in [1.54, 1.807) is 11.2 Å². The summed E-state index contributed by atoms with van der Waals surface area (Å²) in [6, 6.07) is 0. The van der Waals surface area contributed by atoms with E-state index < -0.39 is 10.0 Å². The molecule has 0 aromatic rings. The Hall–Kier alpha value is -0.170. The molecule has 1 aliphatic rings. The molecule has 1 atom stereocenters. The second-order valence-corrected chi connectivity index (χ2v) is 6.85. The summed E-state index contributed by atoms with van der Waals surface area (Å²) in [7, 11) is -3.12. The molecule has 1 saturated heterocycles. The molecule has 0 amide bonds. The van der Waals surface area contributed by atoms with Gasteiger partial charge in [0.15, 0.2) is 0 Å². The molecule has 1 aliphatic heterocycles. The molecule has 0 saturated carbocycles. The van der Waals surface area contributed by atoms with Gasteiger partial charge in [-0.15, -0.1) is 0 Å². The fourth-order valence-corrected chi connectivity index (χ4v) is 3.52. The van der Waals surface area contributed by atoms with E-state index >= 15 is 0 Å². The van der Waals surface area contributed by atoms with Gasteiger partial charge < -0.3 is 10.2 Å². The van der Waals surface area contributed by atoms with Crippen LogP contribution in [0.25, 0.3) is 0 Å². The molecule has 1 fully saturated rings. The SMILES string of the molecule is CCNCC(C)S(=O)(=O)N1CCN(CC)CC1. The average molecular weight is 263 g/mol. The molecule has 6 heteroatoms. The maximum Gasteiger partial charge on any atom is 0.218 e. The molecule has 0 radical (unpaired) electrons. The van der Waals surface area contributed by atoms with Crippen LogP contribution in [0.5, 0.6) is 0 Å². The standard InChI is InChI=1S/C11H25N3O2S/c1-4-12-10-11(3)17(15,16)14-8-6-13(5-2)7-9-14/h11-12H,4-10H2,1-3H3. The van der Waals surface area contributed by atoms with Crippen molar-refractivity contribution in [1.82, 2.24) is 14.5 Å². The average Bonchev–Trinajstić information content (AvgIpc) is 2.35. The van der Waals surface area contributed by atoms with Crippen molar-refractivity contribution in [2.24, 2.45) is 0 Å². The molecule has 1 heterocycles. The van der Waals surface area contributed by atoms with Crippen LogP contribution in [0, 0.1) is 0 Å². The largest absolute Gasteiger partial charge is 0.316 e. The first kappa shape index (κ1) is 14.9. The van der Waals surface area contributed by atoms with Crippen molar-refractivity contribution in [2.75, 3.05) is 45.8 Å². The van der Waals surface area contributed by atoms with Gasteiger partial charge in [0.05, 0.1) is 5.25 Å². The van der Waals surface area contributed by atoms with Gasteiger partial charge in [-0.3, -0.25) is 0 Å². The number of nitrogens with one attached hydrogen (secondary N) is 1. The third-order valence-electron chi connectivity index (χ3n) is 3.33. The predicted molar refractivity (Wildman–Crippen MR) is 70.6 cm³/mol. The zero-order valence-corrected chi connectivity index (χ0v) is 12.0. The van der Waals surface area contributed by atoms with Crippen LogP contribution in [-0.4, -0.2) is 68.7 Å². The molecule has 1 rings (SSSR count).